The molecule has 0 aliphatic carbocycles. The molecule has 0 spiro atoms. The fraction of sp³-hybridized carbons (Fsp3) is 0. The van der Waals surface area contributed by atoms with Gasteiger partial charge in [-0.25, -0.2) is 0 Å². The molecule has 0 saturated heterocycles. The quantitative estimate of drug-likeness (QED) is 0.185. The van der Waals surface area contributed by atoms with Crippen molar-refractivity contribution in [2.45, 2.75) is 0 Å². The van der Waals surface area contributed by atoms with Gasteiger partial charge in [0.1, 0.15) is 0 Å². The van der Waals surface area contributed by atoms with E-state index in [1.807, 2.05) is 0 Å². The molecule has 0 nitrogen and oxygen atoms in total. The van der Waals surface area contributed by atoms with E-state index < -0.39 is 0 Å². The molecule has 136 valence electrons. The molecule has 0 heterocycles. The number of rotatable bonds is 0. The molecule has 0 bridgehead atoms. The lowest BCUT2D eigenvalue weighted by Crippen LogP contribution is -1.87. The third-order valence-corrected chi connectivity index (χ3v) is 6.30. The predicted octanol–water partition coefficient (Wildman–Crippen LogP) is 8.21. The summed E-state index contributed by atoms with van der Waals surface area (Å²) in [7, 11) is 0. The molecule has 0 heteroatoms. The van der Waals surface area contributed by atoms with E-state index in [2.05, 4.69) is 109 Å². The second kappa shape index (κ2) is 5.81. The van der Waals surface area contributed by atoms with Crippen molar-refractivity contribution in [2.75, 3.05) is 0 Å². The Balaban J connectivity index is 1.82. The maximum atomic E-state index is 3.73. The molecule has 7 rings (SSSR count). The summed E-state index contributed by atoms with van der Waals surface area (Å²) in [6.07, 6.45) is 0. The van der Waals surface area contributed by atoms with Gasteiger partial charge in [0.15, 0.2) is 0 Å². The van der Waals surface area contributed by atoms with E-state index in [0.717, 1.165) is 21.5 Å². The Kier molecular flexibility index (Phi) is 3.09. The first-order valence-corrected chi connectivity index (χ1v) is 10.3. The van der Waals surface area contributed by atoms with Crippen molar-refractivity contribution in [3.05, 3.63) is 109 Å². The first-order chi connectivity index (χ1) is 14.8. The summed E-state index contributed by atoms with van der Waals surface area (Å²) in [5.74, 6) is 0. The monoisotopic (exact) mass is 376 g/mol. The van der Waals surface area contributed by atoms with E-state index in [9.17, 15) is 0 Å². The van der Waals surface area contributed by atoms with Gasteiger partial charge in [0.2, 0.25) is 0 Å². The molecular weight excluding hydrogens is 360 g/mol. The van der Waals surface area contributed by atoms with Gasteiger partial charge in [-0.05, 0) is 101 Å². The van der Waals surface area contributed by atoms with Crippen LogP contribution in [0.4, 0.5) is 0 Å². The van der Waals surface area contributed by atoms with Gasteiger partial charge in [-0.3, -0.25) is 0 Å². The molecule has 0 saturated carbocycles. The summed E-state index contributed by atoms with van der Waals surface area (Å²) < 4.78 is 0. The Labute approximate surface area is 174 Å². The van der Waals surface area contributed by atoms with Crippen molar-refractivity contribution >= 4 is 64.6 Å². The second-order valence-corrected chi connectivity index (χ2v) is 8.04. The molecular formula is C30H16. The molecule has 0 N–H and O–H groups in total. The van der Waals surface area contributed by atoms with Crippen LogP contribution in [0.5, 0.6) is 0 Å². The van der Waals surface area contributed by atoms with Crippen molar-refractivity contribution in [1.82, 2.24) is 0 Å². The lowest BCUT2D eigenvalue weighted by Gasteiger charge is -2.13. The molecule has 7 aromatic rings. The van der Waals surface area contributed by atoms with Gasteiger partial charge in [0.05, 0.1) is 0 Å². The summed E-state index contributed by atoms with van der Waals surface area (Å²) in [6, 6.07) is 42.4. The fourth-order valence-electron chi connectivity index (χ4n) is 4.84. The number of hydrogen-bond donors (Lipinski definition) is 0. The number of benzene rings is 7. The Hall–Kier alpha value is -3.90. The zero-order chi connectivity index (χ0) is 19.7. The highest BCUT2D eigenvalue weighted by atomic mass is 14.2. The SMILES string of the molecule is [c]1c2ccccc2[c]c2c1c1cc3ccccc3cc1c1cc3ccccc3cc21. The Bertz CT molecular complexity index is 1410. The van der Waals surface area contributed by atoms with Gasteiger partial charge in [0.25, 0.3) is 0 Å². The first kappa shape index (κ1) is 16.0. The van der Waals surface area contributed by atoms with E-state index in [1.54, 1.807) is 0 Å². The highest BCUT2D eigenvalue weighted by Crippen LogP contribution is 2.40. The normalized spacial score (nSPS) is 12.0. The van der Waals surface area contributed by atoms with Crippen LogP contribution in [0.15, 0.2) is 97.1 Å². The van der Waals surface area contributed by atoms with Gasteiger partial charge in [0, 0.05) is 0 Å². The lowest BCUT2D eigenvalue weighted by molar-refractivity contribution is 1.77. The highest BCUT2D eigenvalue weighted by Gasteiger charge is 2.12. The van der Waals surface area contributed by atoms with E-state index in [-0.39, 0.29) is 0 Å². The molecule has 0 atom stereocenters. The van der Waals surface area contributed by atoms with Gasteiger partial charge < -0.3 is 0 Å². The highest BCUT2D eigenvalue weighted by molar-refractivity contribution is 6.30. The smallest absolute Gasteiger partial charge is 0.000696 e. The number of fused-ring (bicyclic) bond motifs is 9. The van der Waals surface area contributed by atoms with Crippen LogP contribution in [0, 0.1) is 12.1 Å². The Morgan fingerprint density at radius 3 is 1.10 bits per heavy atom. The maximum Gasteiger partial charge on any atom is -0.000696 e. The molecule has 0 fully saturated rings. The third kappa shape index (κ3) is 2.16. The minimum Gasteiger partial charge on any atom is -0.0616 e. The van der Waals surface area contributed by atoms with Crippen molar-refractivity contribution < 1.29 is 0 Å². The summed E-state index contributed by atoms with van der Waals surface area (Å²) in [4.78, 5) is 0. The Morgan fingerprint density at radius 1 is 0.367 bits per heavy atom. The van der Waals surface area contributed by atoms with E-state index in [0.29, 0.717) is 0 Å². The summed E-state index contributed by atoms with van der Waals surface area (Å²) >= 11 is 0. The van der Waals surface area contributed by atoms with Crippen LogP contribution in [-0.2, 0) is 0 Å². The predicted molar refractivity (Wildman–Crippen MR) is 129 cm³/mol. The van der Waals surface area contributed by atoms with Crippen molar-refractivity contribution in [3.8, 4) is 0 Å². The minimum absolute atomic E-state index is 1.11. The van der Waals surface area contributed by atoms with Crippen LogP contribution in [0.2, 0.25) is 0 Å². The van der Waals surface area contributed by atoms with Crippen LogP contribution in [0.25, 0.3) is 64.6 Å². The van der Waals surface area contributed by atoms with E-state index in [4.69, 9.17) is 0 Å². The fourth-order valence-corrected chi connectivity index (χ4v) is 4.84. The van der Waals surface area contributed by atoms with E-state index in [1.165, 1.54) is 43.1 Å². The summed E-state index contributed by atoms with van der Waals surface area (Å²) in [5.41, 5.74) is 0. The number of hydrogen-bond acceptors (Lipinski definition) is 0. The molecule has 2 radical (unpaired) electrons. The van der Waals surface area contributed by atoms with Crippen LogP contribution in [0.1, 0.15) is 0 Å². The maximum absolute atomic E-state index is 3.73. The average molecular weight is 376 g/mol. The molecule has 30 heavy (non-hydrogen) atoms. The van der Waals surface area contributed by atoms with Crippen LogP contribution < -0.4 is 0 Å². The van der Waals surface area contributed by atoms with Crippen LogP contribution in [-0.4, -0.2) is 0 Å². The zero-order valence-electron chi connectivity index (χ0n) is 16.2. The van der Waals surface area contributed by atoms with Gasteiger partial charge >= 0.3 is 0 Å². The third-order valence-electron chi connectivity index (χ3n) is 6.30. The first-order valence-electron chi connectivity index (χ1n) is 10.3. The molecule has 0 aliphatic heterocycles. The van der Waals surface area contributed by atoms with Crippen molar-refractivity contribution in [2.24, 2.45) is 0 Å². The molecule has 0 aromatic heterocycles. The summed E-state index contributed by atoms with van der Waals surface area (Å²) in [6.45, 7) is 0. The molecule has 0 amide bonds. The standard InChI is InChI=1S/C30H16/c1-2-8-20-14-26-25(13-19(20)7-1)27-15-21-9-3-4-11-23(21)17-29(27)30-18-24-12-6-5-10-22(24)16-28(26)30/h1-15,17H. The largest absolute Gasteiger partial charge is 0.0616 e. The minimum atomic E-state index is 1.11. The topological polar surface area (TPSA) is 0 Å². The molecule has 7 aromatic carbocycles. The molecule has 0 aliphatic rings. The van der Waals surface area contributed by atoms with Crippen LogP contribution in [0.3, 0.4) is 0 Å². The van der Waals surface area contributed by atoms with E-state index >= 15 is 0 Å². The van der Waals surface area contributed by atoms with Gasteiger partial charge in [-0.2, -0.15) is 0 Å². The average Bonchev–Trinajstić information content (AvgIpc) is 2.81. The second-order valence-electron chi connectivity index (χ2n) is 8.04. The lowest BCUT2D eigenvalue weighted by atomic mass is 9.89. The zero-order valence-corrected chi connectivity index (χ0v) is 16.2. The summed E-state index contributed by atoms with van der Waals surface area (Å²) in [5, 5.41) is 14.6. The van der Waals surface area contributed by atoms with Crippen LogP contribution >= 0.6 is 0 Å². The van der Waals surface area contributed by atoms with Gasteiger partial charge in [-0.15, -0.1) is 0 Å². The Morgan fingerprint density at radius 2 is 0.700 bits per heavy atom. The van der Waals surface area contributed by atoms with Crippen molar-refractivity contribution in [1.29, 1.82) is 0 Å². The molecule has 0 unspecified atom stereocenters. The van der Waals surface area contributed by atoms with Gasteiger partial charge in [-0.1, -0.05) is 72.8 Å². The van der Waals surface area contributed by atoms with Crippen molar-refractivity contribution in [3.63, 3.8) is 0 Å².